The number of benzene rings is 1. The Morgan fingerprint density at radius 3 is 2.96 bits per heavy atom. The lowest BCUT2D eigenvalue weighted by Crippen LogP contribution is -2.45. The number of hydrogen-bond acceptors (Lipinski definition) is 4. The molecule has 2 aromatic rings. The molecule has 6 heteroatoms. The highest BCUT2D eigenvalue weighted by molar-refractivity contribution is 7.09. The molecular formula is C18H19FN2O2S. The number of rotatable bonds is 6. The molecule has 1 aliphatic heterocycles. The van der Waals surface area contributed by atoms with Gasteiger partial charge in [-0.2, -0.15) is 0 Å². The van der Waals surface area contributed by atoms with Crippen molar-refractivity contribution in [1.82, 2.24) is 5.32 Å². The fourth-order valence-corrected chi connectivity index (χ4v) is 3.36. The number of carbonyl (C=O) groups excluding carboxylic acids is 1. The Labute approximate surface area is 144 Å². The molecule has 0 bridgehead atoms. The second-order valence-corrected chi connectivity index (χ2v) is 6.99. The molecule has 1 aromatic heterocycles. The van der Waals surface area contributed by atoms with E-state index in [0.717, 1.165) is 12.8 Å². The molecule has 0 saturated heterocycles. The molecule has 0 aliphatic carbocycles. The normalized spacial score (nSPS) is 19.7. The van der Waals surface area contributed by atoms with Crippen molar-refractivity contribution in [1.29, 1.82) is 0 Å². The third-order valence-electron chi connectivity index (χ3n) is 3.99. The minimum Gasteiger partial charge on any atom is -0.379 e. The summed E-state index contributed by atoms with van der Waals surface area (Å²) >= 11 is 1.71. The average molecular weight is 346 g/mol. The van der Waals surface area contributed by atoms with Crippen LogP contribution >= 0.6 is 11.3 Å². The number of carbonyl (C=O) groups is 1. The van der Waals surface area contributed by atoms with Crippen molar-refractivity contribution in [2.45, 2.75) is 31.8 Å². The van der Waals surface area contributed by atoms with Crippen molar-refractivity contribution in [3.05, 3.63) is 58.0 Å². The number of thiophene rings is 1. The van der Waals surface area contributed by atoms with Crippen molar-refractivity contribution in [3.8, 4) is 0 Å². The first kappa shape index (κ1) is 16.6. The SMILES string of the molecule is CC1(C(=O)NCCCc2cccs2)CC(c2ccccc2F)=NO1. The smallest absolute Gasteiger partial charge is 0.267 e. The average Bonchev–Trinajstić information content (AvgIpc) is 3.22. The molecule has 0 fully saturated rings. The van der Waals surface area contributed by atoms with E-state index in [-0.39, 0.29) is 18.1 Å². The lowest BCUT2D eigenvalue weighted by atomic mass is 9.95. The highest BCUT2D eigenvalue weighted by Gasteiger charge is 2.42. The van der Waals surface area contributed by atoms with Crippen LogP contribution in [0.4, 0.5) is 4.39 Å². The van der Waals surface area contributed by atoms with Crippen molar-refractivity contribution in [2.24, 2.45) is 5.16 Å². The number of nitrogens with one attached hydrogen (secondary N) is 1. The number of halogens is 1. The second kappa shape index (κ2) is 7.13. The molecule has 24 heavy (non-hydrogen) atoms. The summed E-state index contributed by atoms with van der Waals surface area (Å²) in [6.07, 6.45) is 2.06. The fourth-order valence-electron chi connectivity index (χ4n) is 2.61. The van der Waals surface area contributed by atoms with E-state index in [1.165, 1.54) is 10.9 Å². The standard InChI is InChI=1S/C18H19FN2O2S/c1-18(17(22)20-10-4-6-13-7-5-11-24-13)12-16(21-23-18)14-8-2-3-9-15(14)19/h2-3,5,7-9,11H,4,6,10,12H2,1H3,(H,20,22). The molecule has 1 atom stereocenters. The quantitative estimate of drug-likeness (QED) is 0.814. The van der Waals surface area contributed by atoms with Gasteiger partial charge in [0.15, 0.2) is 0 Å². The second-order valence-electron chi connectivity index (χ2n) is 5.96. The lowest BCUT2D eigenvalue weighted by Gasteiger charge is -2.20. The Morgan fingerprint density at radius 1 is 1.38 bits per heavy atom. The van der Waals surface area contributed by atoms with Gasteiger partial charge in [0.05, 0.1) is 5.71 Å². The monoisotopic (exact) mass is 346 g/mol. The summed E-state index contributed by atoms with van der Waals surface area (Å²) in [5.74, 6) is -0.579. The molecule has 0 saturated carbocycles. The molecule has 0 spiro atoms. The van der Waals surface area contributed by atoms with Gasteiger partial charge in [0.25, 0.3) is 5.91 Å². The predicted octanol–water partition coefficient (Wildman–Crippen LogP) is 3.52. The van der Waals surface area contributed by atoms with E-state index < -0.39 is 5.60 Å². The number of hydrogen-bond donors (Lipinski definition) is 1. The van der Waals surface area contributed by atoms with Gasteiger partial charge < -0.3 is 10.2 Å². The molecule has 2 heterocycles. The van der Waals surface area contributed by atoms with Crippen molar-refractivity contribution in [3.63, 3.8) is 0 Å². The van der Waals surface area contributed by atoms with Gasteiger partial charge in [-0.1, -0.05) is 29.4 Å². The van der Waals surface area contributed by atoms with Crippen LogP contribution in [0.3, 0.4) is 0 Å². The lowest BCUT2D eigenvalue weighted by molar-refractivity contribution is -0.141. The van der Waals surface area contributed by atoms with Gasteiger partial charge >= 0.3 is 0 Å². The molecule has 0 radical (unpaired) electrons. The number of amides is 1. The fraction of sp³-hybridized carbons (Fsp3) is 0.333. The first-order valence-corrected chi connectivity index (χ1v) is 8.77. The highest BCUT2D eigenvalue weighted by atomic mass is 32.1. The molecule has 3 rings (SSSR count). The highest BCUT2D eigenvalue weighted by Crippen LogP contribution is 2.27. The maximum atomic E-state index is 13.8. The largest absolute Gasteiger partial charge is 0.379 e. The van der Waals surface area contributed by atoms with Crippen LogP contribution in [0.25, 0.3) is 0 Å². The van der Waals surface area contributed by atoms with Crippen LogP contribution in [0.2, 0.25) is 0 Å². The van der Waals surface area contributed by atoms with E-state index in [9.17, 15) is 9.18 Å². The molecule has 126 valence electrons. The minimum absolute atomic E-state index is 0.219. The summed E-state index contributed by atoms with van der Waals surface area (Å²) in [4.78, 5) is 19.0. The van der Waals surface area contributed by atoms with Crippen LogP contribution in [-0.2, 0) is 16.1 Å². The Kier molecular flexibility index (Phi) is 4.94. The van der Waals surface area contributed by atoms with Crippen LogP contribution in [0.15, 0.2) is 46.9 Å². The van der Waals surface area contributed by atoms with E-state index in [1.54, 1.807) is 36.5 Å². The summed E-state index contributed by atoms with van der Waals surface area (Å²) in [5.41, 5.74) is -0.239. The number of aryl methyl sites for hydroxylation is 1. The van der Waals surface area contributed by atoms with Gasteiger partial charge in [0, 0.05) is 23.4 Å². The zero-order valence-electron chi connectivity index (χ0n) is 13.4. The first-order chi connectivity index (χ1) is 11.6. The molecule has 1 amide bonds. The first-order valence-electron chi connectivity index (χ1n) is 7.89. The van der Waals surface area contributed by atoms with E-state index in [1.807, 2.05) is 11.4 Å². The van der Waals surface area contributed by atoms with E-state index in [4.69, 9.17) is 4.84 Å². The van der Waals surface area contributed by atoms with E-state index in [2.05, 4.69) is 16.5 Å². The van der Waals surface area contributed by atoms with Crippen LogP contribution in [0, 0.1) is 5.82 Å². The van der Waals surface area contributed by atoms with Crippen LogP contribution in [0.1, 0.15) is 30.2 Å². The maximum Gasteiger partial charge on any atom is 0.267 e. The zero-order chi connectivity index (χ0) is 17.0. The van der Waals surface area contributed by atoms with Crippen LogP contribution in [-0.4, -0.2) is 23.8 Å². The summed E-state index contributed by atoms with van der Waals surface area (Å²) in [6, 6.07) is 10.5. The molecule has 1 aromatic carbocycles. The summed E-state index contributed by atoms with van der Waals surface area (Å²) in [5, 5.41) is 8.86. The third kappa shape index (κ3) is 3.64. The van der Waals surface area contributed by atoms with Gasteiger partial charge in [0.2, 0.25) is 5.60 Å². The van der Waals surface area contributed by atoms with Crippen molar-refractivity contribution < 1.29 is 14.0 Å². The minimum atomic E-state index is -1.08. The number of nitrogens with zero attached hydrogens (tertiary/aromatic N) is 1. The van der Waals surface area contributed by atoms with Gasteiger partial charge in [-0.25, -0.2) is 4.39 Å². The summed E-state index contributed by atoms with van der Waals surface area (Å²) in [6.45, 7) is 2.25. The van der Waals surface area contributed by atoms with Gasteiger partial charge in [-0.05, 0) is 37.3 Å². The van der Waals surface area contributed by atoms with Gasteiger partial charge in [-0.15, -0.1) is 11.3 Å². The Balaban J connectivity index is 1.51. The molecular weight excluding hydrogens is 327 g/mol. The van der Waals surface area contributed by atoms with Crippen molar-refractivity contribution >= 4 is 23.0 Å². The summed E-state index contributed by atoms with van der Waals surface area (Å²) in [7, 11) is 0. The zero-order valence-corrected chi connectivity index (χ0v) is 14.2. The predicted molar refractivity (Wildman–Crippen MR) is 92.7 cm³/mol. The third-order valence-corrected chi connectivity index (χ3v) is 4.93. The maximum absolute atomic E-state index is 13.8. The molecule has 1 aliphatic rings. The molecule has 1 unspecified atom stereocenters. The number of oxime groups is 1. The Morgan fingerprint density at radius 2 is 2.21 bits per heavy atom. The topological polar surface area (TPSA) is 50.7 Å². The van der Waals surface area contributed by atoms with E-state index in [0.29, 0.717) is 17.8 Å². The van der Waals surface area contributed by atoms with Gasteiger partial charge in [-0.3, -0.25) is 4.79 Å². The Hall–Kier alpha value is -2.21. The van der Waals surface area contributed by atoms with Crippen LogP contribution < -0.4 is 5.32 Å². The molecule has 1 N–H and O–H groups in total. The van der Waals surface area contributed by atoms with Gasteiger partial charge in [0.1, 0.15) is 5.82 Å². The van der Waals surface area contributed by atoms with Crippen LogP contribution in [0.5, 0.6) is 0 Å². The Bertz CT molecular complexity index is 745. The van der Waals surface area contributed by atoms with E-state index >= 15 is 0 Å². The summed E-state index contributed by atoms with van der Waals surface area (Å²) < 4.78 is 13.8. The molecule has 4 nitrogen and oxygen atoms in total. The van der Waals surface area contributed by atoms with Crippen molar-refractivity contribution in [2.75, 3.05) is 6.54 Å².